The van der Waals surface area contributed by atoms with Gasteiger partial charge in [0.05, 0.1) is 11.9 Å². The number of amides is 1. The summed E-state index contributed by atoms with van der Waals surface area (Å²) in [6.07, 6.45) is 1.24. The lowest BCUT2D eigenvalue weighted by molar-refractivity contribution is -0.118. The molecule has 1 aromatic rings. The van der Waals surface area contributed by atoms with E-state index in [4.69, 9.17) is 5.11 Å². The molecule has 1 aromatic carbocycles. The lowest BCUT2D eigenvalue weighted by Crippen LogP contribution is -2.26. The second-order valence-corrected chi connectivity index (χ2v) is 6.47. The van der Waals surface area contributed by atoms with Crippen LogP contribution in [0.3, 0.4) is 0 Å². The zero-order valence-corrected chi connectivity index (χ0v) is 13.7. The van der Waals surface area contributed by atoms with Gasteiger partial charge >= 0.3 is 0 Å². The molecule has 0 radical (unpaired) electrons. The monoisotopic (exact) mass is 345 g/mol. The highest BCUT2D eigenvalue weighted by molar-refractivity contribution is 9.10. The van der Waals surface area contributed by atoms with E-state index in [0.29, 0.717) is 12.3 Å². The van der Waals surface area contributed by atoms with E-state index in [1.54, 1.807) is 18.7 Å². The molecule has 1 atom stereocenters. The average Bonchev–Trinajstić information content (AvgIpc) is 2.33. The van der Waals surface area contributed by atoms with Gasteiger partial charge in [0.15, 0.2) is 0 Å². The Kier molecular flexibility index (Phi) is 7.49. The number of hydrogen-bond acceptors (Lipinski definition) is 3. The van der Waals surface area contributed by atoms with Gasteiger partial charge in [-0.15, -0.1) is 11.8 Å². The number of carbonyl (C=O) groups is 1. The smallest absolute Gasteiger partial charge is 0.230 e. The third-order valence-electron chi connectivity index (χ3n) is 2.62. The summed E-state index contributed by atoms with van der Waals surface area (Å²) in [6.45, 7) is 4.42. The van der Waals surface area contributed by atoms with Crippen molar-refractivity contribution in [1.29, 1.82) is 0 Å². The molecule has 0 spiro atoms. The van der Waals surface area contributed by atoms with Crippen molar-refractivity contribution in [2.45, 2.75) is 37.7 Å². The van der Waals surface area contributed by atoms with E-state index in [0.717, 1.165) is 22.2 Å². The summed E-state index contributed by atoms with van der Waals surface area (Å²) in [5.41, 5.74) is 1.17. The zero-order chi connectivity index (χ0) is 14.3. The summed E-state index contributed by atoms with van der Waals surface area (Å²) in [7, 11) is 0. The molecule has 0 fully saturated rings. The normalized spacial score (nSPS) is 12.2. The van der Waals surface area contributed by atoms with E-state index in [-0.39, 0.29) is 12.0 Å². The Morgan fingerprint density at radius 2 is 2.26 bits per heavy atom. The molecule has 0 aliphatic carbocycles. The van der Waals surface area contributed by atoms with E-state index < -0.39 is 0 Å². The minimum absolute atomic E-state index is 0.0397. The fourth-order valence-corrected chi connectivity index (χ4v) is 2.91. The first kappa shape index (κ1) is 16.5. The zero-order valence-electron chi connectivity index (χ0n) is 11.3. The van der Waals surface area contributed by atoms with Crippen molar-refractivity contribution in [2.75, 3.05) is 12.3 Å². The van der Waals surface area contributed by atoms with Crippen LogP contribution in [-0.2, 0) is 4.79 Å². The molecule has 5 heteroatoms. The minimum atomic E-state index is -0.295. The van der Waals surface area contributed by atoms with Crippen molar-refractivity contribution < 1.29 is 9.90 Å². The molecule has 3 nitrogen and oxygen atoms in total. The summed E-state index contributed by atoms with van der Waals surface area (Å²) in [4.78, 5) is 12.8. The van der Waals surface area contributed by atoms with Gasteiger partial charge in [0.1, 0.15) is 0 Å². The number of halogens is 1. The molecule has 0 aromatic heterocycles. The van der Waals surface area contributed by atoms with Gasteiger partial charge in [-0.1, -0.05) is 15.9 Å². The topological polar surface area (TPSA) is 49.3 Å². The van der Waals surface area contributed by atoms with Crippen LogP contribution in [0.5, 0.6) is 0 Å². The quantitative estimate of drug-likeness (QED) is 0.589. The van der Waals surface area contributed by atoms with Crippen LogP contribution in [0.1, 0.15) is 25.3 Å². The van der Waals surface area contributed by atoms with Crippen molar-refractivity contribution in [3.8, 4) is 0 Å². The lowest BCUT2D eigenvalue weighted by atomic mass is 10.2. The maximum Gasteiger partial charge on any atom is 0.230 e. The summed E-state index contributed by atoms with van der Waals surface area (Å²) in [5.74, 6) is 0.467. The predicted molar refractivity (Wildman–Crippen MR) is 83.5 cm³/mol. The number of aliphatic hydroxyl groups excluding tert-OH is 1. The first-order valence-corrected chi connectivity index (χ1v) is 8.10. The highest BCUT2D eigenvalue weighted by atomic mass is 79.9. The van der Waals surface area contributed by atoms with Gasteiger partial charge in [-0.05, 0) is 50.5 Å². The van der Waals surface area contributed by atoms with Gasteiger partial charge in [-0.3, -0.25) is 4.79 Å². The SMILES string of the molecule is Cc1cc(Br)ccc1SCC(=O)NCCCC(C)O. The standard InChI is InChI=1S/C14H20BrNO2S/c1-10-8-12(15)5-6-13(10)19-9-14(18)16-7-3-4-11(2)17/h5-6,8,11,17H,3-4,7,9H2,1-2H3,(H,16,18). The summed E-state index contributed by atoms with van der Waals surface area (Å²) < 4.78 is 1.05. The number of benzene rings is 1. The Morgan fingerprint density at radius 1 is 1.53 bits per heavy atom. The number of rotatable bonds is 7. The van der Waals surface area contributed by atoms with Crippen LogP contribution in [0.4, 0.5) is 0 Å². The Bertz CT molecular complexity index is 424. The molecular formula is C14H20BrNO2S. The van der Waals surface area contributed by atoms with Gasteiger partial charge in [-0.25, -0.2) is 0 Å². The van der Waals surface area contributed by atoms with Crippen LogP contribution in [0.2, 0.25) is 0 Å². The Labute approximate surface area is 127 Å². The van der Waals surface area contributed by atoms with Gasteiger partial charge in [-0.2, -0.15) is 0 Å². The summed E-state index contributed by atoms with van der Waals surface area (Å²) in [5, 5.41) is 12.0. The molecule has 0 saturated carbocycles. The van der Waals surface area contributed by atoms with Gasteiger partial charge < -0.3 is 10.4 Å². The molecule has 0 saturated heterocycles. The predicted octanol–water partition coefficient (Wildman–Crippen LogP) is 3.13. The van der Waals surface area contributed by atoms with E-state index >= 15 is 0 Å². The number of aryl methyl sites for hydroxylation is 1. The number of hydrogen-bond donors (Lipinski definition) is 2. The van der Waals surface area contributed by atoms with Crippen LogP contribution in [0.25, 0.3) is 0 Å². The third-order valence-corrected chi connectivity index (χ3v) is 4.29. The molecule has 0 aliphatic rings. The number of aliphatic hydroxyl groups is 1. The first-order chi connectivity index (χ1) is 8.99. The number of carbonyl (C=O) groups excluding carboxylic acids is 1. The molecule has 19 heavy (non-hydrogen) atoms. The number of thioether (sulfide) groups is 1. The van der Waals surface area contributed by atoms with Crippen LogP contribution in [-0.4, -0.2) is 29.4 Å². The molecule has 106 valence electrons. The molecule has 1 rings (SSSR count). The first-order valence-electron chi connectivity index (χ1n) is 6.32. The molecule has 0 bridgehead atoms. The summed E-state index contributed by atoms with van der Waals surface area (Å²) >= 11 is 4.97. The second kappa shape index (κ2) is 8.61. The third kappa shape index (κ3) is 6.99. The van der Waals surface area contributed by atoms with Crippen molar-refractivity contribution in [3.05, 3.63) is 28.2 Å². The fraction of sp³-hybridized carbons (Fsp3) is 0.500. The lowest BCUT2D eigenvalue weighted by Gasteiger charge is -2.08. The summed E-state index contributed by atoms with van der Waals surface area (Å²) in [6, 6.07) is 6.05. The van der Waals surface area contributed by atoms with Crippen molar-refractivity contribution in [3.63, 3.8) is 0 Å². The van der Waals surface area contributed by atoms with Crippen molar-refractivity contribution >= 4 is 33.6 Å². The van der Waals surface area contributed by atoms with Gasteiger partial charge in [0.25, 0.3) is 0 Å². The van der Waals surface area contributed by atoms with Gasteiger partial charge in [0.2, 0.25) is 5.91 Å². The minimum Gasteiger partial charge on any atom is -0.393 e. The Balaban J connectivity index is 2.26. The van der Waals surface area contributed by atoms with Crippen LogP contribution in [0.15, 0.2) is 27.6 Å². The average molecular weight is 346 g/mol. The largest absolute Gasteiger partial charge is 0.393 e. The molecule has 0 aliphatic heterocycles. The maximum atomic E-state index is 11.6. The van der Waals surface area contributed by atoms with Crippen molar-refractivity contribution in [1.82, 2.24) is 5.32 Å². The van der Waals surface area contributed by atoms with Crippen LogP contribution >= 0.6 is 27.7 Å². The molecule has 2 N–H and O–H groups in total. The van der Waals surface area contributed by atoms with E-state index in [1.807, 2.05) is 25.1 Å². The molecule has 0 heterocycles. The van der Waals surface area contributed by atoms with E-state index in [2.05, 4.69) is 21.2 Å². The molecular weight excluding hydrogens is 326 g/mol. The highest BCUT2D eigenvalue weighted by Crippen LogP contribution is 2.24. The Morgan fingerprint density at radius 3 is 2.89 bits per heavy atom. The van der Waals surface area contributed by atoms with E-state index in [1.165, 1.54) is 5.56 Å². The van der Waals surface area contributed by atoms with Crippen LogP contribution < -0.4 is 5.32 Å². The maximum absolute atomic E-state index is 11.6. The molecule has 1 unspecified atom stereocenters. The van der Waals surface area contributed by atoms with E-state index in [9.17, 15) is 4.79 Å². The fourth-order valence-electron chi connectivity index (χ4n) is 1.59. The second-order valence-electron chi connectivity index (χ2n) is 4.54. The van der Waals surface area contributed by atoms with Gasteiger partial charge in [0, 0.05) is 15.9 Å². The Hall–Kier alpha value is -0.520. The molecule has 1 amide bonds. The number of nitrogens with one attached hydrogen (secondary N) is 1. The highest BCUT2D eigenvalue weighted by Gasteiger charge is 2.05. The van der Waals surface area contributed by atoms with Crippen molar-refractivity contribution in [2.24, 2.45) is 0 Å². The van der Waals surface area contributed by atoms with Crippen LogP contribution in [0, 0.1) is 6.92 Å².